The lowest BCUT2D eigenvalue weighted by molar-refractivity contribution is 0.928. The molecule has 11 aromatic rings. The van der Waals surface area contributed by atoms with Crippen molar-refractivity contribution in [3.05, 3.63) is 180 Å². The van der Waals surface area contributed by atoms with E-state index in [4.69, 9.17) is 19.9 Å². The second-order valence-electron chi connectivity index (χ2n) is 16.4. The first-order chi connectivity index (χ1) is 31.6. The lowest BCUT2D eigenvalue weighted by Gasteiger charge is -2.20. The number of benzene rings is 7. The molecule has 7 aromatic carbocycles. The van der Waals surface area contributed by atoms with Gasteiger partial charge < -0.3 is 9.13 Å². The zero-order valence-electron chi connectivity index (χ0n) is 36.3. The summed E-state index contributed by atoms with van der Waals surface area (Å²) in [6.07, 6.45) is 0. The summed E-state index contributed by atoms with van der Waals surface area (Å²) in [6.45, 7) is 9.59. The molecule has 0 fully saturated rings. The normalized spacial score (nSPS) is 11.4. The van der Waals surface area contributed by atoms with Gasteiger partial charge in [-0.2, -0.15) is 10.5 Å². The lowest BCUT2D eigenvalue weighted by atomic mass is 9.92. The van der Waals surface area contributed by atoms with E-state index in [-0.39, 0.29) is 0 Å². The number of hydrogen-bond acceptors (Lipinski definition) is 8. The summed E-state index contributed by atoms with van der Waals surface area (Å²) in [7, 11) is 0. The van der Waals surface area contributed by atoms with Crippen LogP contribution in [0.15, 0.2) is 140 Å². The molecule has 0 atom stereocenters. The van der Waals surface area contributed by atoms with Gasteiger partial charge in [0.2, 0.25) is 0 Å². The molecule has 4 aromatic heterocycles. The van der Waals surface area contributed by atoms with Crippen LogP contribution in [0, 0.1) is 57.3 Å². The molecule has 0 saturated heterocycles. The molecule has 0 bridgehead atoms. The van der Waals surface area contributed by atoms with Crippen molar-refractivity contribution in [1.29, 1.82) is 10.5 Å². The molecular weight excluding hydrogens is 801 g/mol. The predicted molar refractivity (Wildman–Crippen MR) is 257 cm³/mol. The number of fused-ring (bicyclic) bond motifs is 6. The average molecular weight is 839 g/mol. The Kier molecular flexibility index (Phi) is 9.12. The molecule has 0 aliphatic carbocycles. The largest absolute Gasteiger partial charge is 0.309 e. The molecule has 0 aliphatic rings. The maximum absolute atomic E-state index is 10.5. The molecule has 0 unspecified atom stereocenters. The second kappa shape index (κ2) is 15.2. The van der Waals surface area contributed by atoms with Crippen LogP contribution in [0.2, 0.25) is 0 Å². The number of aryl methyl sites for hydroxylation is 5. The van der Waals surface area contributed by atoms with Crippen LogP contribution in [0.25, 0.3) is 100 Å². The first kappa shape index (κ1) is 39.0. The highest BCUT2D eigenvalue weighted by Gasteiger charge is 2.23. The summed E-state index contributed by atoms with van der Waals surface area (Å²) in [5, 5.41) is 24.5. The van der Waals surface area contributed by atoms with Crippen LogP contribution in [0.3, 0.4) is 0 Å². The molecule has 10 nitrogen and oxygen atoms in total. The maximum Gasteiger partial charge on any atom is 0.163 e. The number of rotatable bonds is 6. The third-order valence-corrected chi connectivity index (χ3v) is 12.1. The molecule has 0 saturated carbocycles. The van der Waals surface area contributed by atoms with Crippen LogP contribution in [-0.4, -0.2) is 39.0 Å². The van der Waals surface area contributed by atoms with Crippen molar-refractivity contribution in [3.63, 3.8) is 0 Å². The Balaban J connectivity index is 1.21. The van der Waals surface area contributed by atoms with E-state index in [1.165, 1.54) is 0 Å². The molecule has 0 radical (unpaired) electrons. The van der Waals surface area contributed by atoms with E-state index in [0.717, 1.165) is 93.9 Å². The second-order valence-corrected chi connectivity index (χ2v) is 16.4. The Labute approximate surface area is 374 Å². The van der Waals surface area contributed by atoms with E-state index in [2.05, 4.69) is 140 Å². The molecule has 4 heterocycles. The Bertz CT molecular complexity index is 3840. The Morgan fingerprint density at radius 1 is 0.369 bits per heavy atom. The molecule has 308 valence electrons. The summed E-state index contributed by atoms with van der Waals surface area (Å²) < 4.78 is 4.61. The van der Waals surface area contributed by atoms with Crippen molar-refractivity contribution in [3.8, 4) is 68.5 Å². The monoisotopic (exact) mass is 838 g/mol. The molecule has 11 rings (SSSR count). The average Bonchev–Trinajstić information content (AvgIpc) is 3.82. The van der Waals surface area contributed by atoms with Gasteiger partial charge in [0.05, 0.1) is 56.7 Å². The van der Waals surface area contributed by atoms with Gasteiger partial charge in [-0.05, 0) is 136 Å². The standard InChI is InChI=1S/C55H38N10/c1-31-24-36(29-56)14-19-41(31)38-16-21-50(64-48-12-8-6-10-42(48)46-27-39(17-22-51(46)64)54-60-32(2)58-33(3)61-54)45(26-38)44-20-15-37(30-57)25-53(44)65-49-13-9-7-11-43(49)47-28-40(18-23-52(47)65)55-62-34(4)59-35(5)63-55/h6-28H,1-5H3. The molecule has 0 amide bonds. The lowest BCUT2D eigenvalue weighted by Crippen LogP contribution is -2.03. The van der Waals surface area contributed by atoms with Gasteiger partial charge in [0, 0.05) is 43.8 Å². The number of nitriles is 2. The minimum absolute atomic E-state index is 0.538. The van der Waals surface area contributed by atoms with E-state index in [9.17, 15) is 10.5 Å². The van der Waals surface area contributed by atoms with Gasteiger partial charge in [0.25, 0.3) is 0 Å². The first-order valence-electron chi connectivity index (χ1n) is 21.3. The van der Waals surface area contributed by atoms with E-state index in [1.807, 2.05) is 65.0 Å². The summed E-state index contributed by atoms with van der Waals surface area (Å²) in [6, 6.07) is 52.7. The maximum atomic E-state index is 10.5. The molecule has 0 N–H and O–H groups in total. The number of hydrogen-bond donors (Lipinski definition) is 0. The van der Waals surface area contributed by atoms with Crippen molar-refractivity contribution < 1.29 is 0 Å². The van der Waals surface area contributed by atoms with Crippen LogP contribution in [-0.2, 0) is 0 Å². The summed E-state index contributed by atoms with van der Waals surface area (Å²) in [5.41, 5.74) is 13.7. The Hall–Kier alpha value is -8.86. The zero-order chi connectivity index (χ0) is 44.5. The topological polar surface area (TPSA) is 135 Å². The predicted octanol–water partition coefficient (Wildman–Crippen LogP) is 12.2. The SMILES string of the molecule is Cc1nc(C)nc(-c2ccc3c(c2)c2ccccc2n3-c2ccc(-c3ccc(C#N)cc3C)cc2-c2ccc(C#N)cc2-n2c3ccccc3c3cc(-c4nc(C)nc(C)n4)ccc32)n1. The summed E-state index contributed by atoms with van der Waals surface area (Å²) in [4.78, 5) is 27.6. The molecular formula is C55H38N10. The summed E-state index contributed by atoms with van der Waals surface area (Å²) in [5.74, 6) is 3.93. The molecule has 65 heavy (non-hydrogen) atoms. The Morgan fingerprint density at radius 2 is 0.831 bits per heavy atom. The number of aromatic nitrogens is 8. The Morgan fingerprint density at radius 3 is 1.35 bits per heavy atom. The highest BCUT2D eigenvalue weighted by atomic mass is 15.0. The molecule has 0 aliphatic heterocycles. The van der Waals surface area contributed by atoms with Crippen LogP contribution < -0.4 is 0 Å². The van der Waals surface area contributed by atoms with Crippen molar-refractivity contribution in [2.75, 3.05) is 0 Å². The van der Waals surface area contributed by atoms with E-state index in [0.29, 0.717) is 46.1 Å². The van der Waals surface area contributed by atoms with Crippen LogP contribution >= 0.6 is 0 Å². The quantitative estimate of drug-likeness (QED) is 0.161. The van der Waals surface area contributed by atoms with E-state index >= 15 is 0 Å². The van der Waals surface area contributed by atoms with Crippen molar-refractivity contribution in [2.45, 2.75) is 34.6 Å². The fraction of sp³-hybridized carbons (Fsp3) is 0.0909. The van der Waals surface area contributed by atoms with Gasteiger partial charge in [-0.25, -0.2) is 29.9 Å². The van der Waals surface area contributed by atoms with Gasteiger partial charge in [-0.1, -0.05) is 54.6 Å². The van der Waals surface area contributed by atoms with Gasteiger partial charge in [0.1, 0.15) is 23.3 Å². The third-order valence-electron chi connectivity index (χ3n) is 12.1. The van der Waals surface area contributed by atoms with Crippen LogP contribution in [0.5, 0.6) is 0 Å². The smallest absolute Gasteiger partial charge is 0.163 e. The minimum atomic E-state index is 0.538. The van der Waals surface area contributed by atoms with E-state index < -0.39 is 0 Å². The van der Waals surface area contributed by atoms with Gasteiger partial charge >= 0.3 is 0 Å². The highest BCUT2D eigenvalue weighted by Crippen LogP contribution is 2.44. The number of nitrogens with zero attached hydrogens (tertiary/aromatic N) is 10. The highest BCUT2D eigenvalue weighted by molar-refractivity contribution is 6.12. The zero-order valence-corrected chi connectivity index (χ0v) is 36.3. The van der Waals surface area contributed by atoms with Gasteiger partial charge in [-0.3, -0.25) is 0 Å². The third kappa shape index (κ3) is 6.55. The van der Waals surface area contributed by atoms with E-state index in [1.54, 1.807) is 0 Å². The molecule has 0 spiro atoms. The van der Waals surface area contributed by atoms with Crippen LogP contribution in [0.4, 0.5) is 0 Å². The summed E-state index contributed by atoms with van der Waals surface area (Å²) >= 11 is 0. The number of para-hydroxylation sites is 2. The fourth-order valence-electron chi connectivity index (χ4n) is 9.42. The van der Waals surface area contributed by atoms with Gasteiger partial charge in [0.15, 0.2) is 11.6 Å². The van der Waals surface area contributed by atoms with Gasteiger partial charge in [-0.15, -0.1) is 0 Å². The minimum Gasteiger partial charge on any atom is -0.309 e. The van der Waals surface area contributed by atoms with Crippen molar-refractivity contribution >= 4 is 43.6 Å². The van der Waals surface area contributed by atoms with Crippen molar-refractivity contribution in [2.24, 2.45) is 0 Å². The van der Waals surface area contributed by atoms with Crippen LogP contribution in [0.1, 0.15) is 40.0 Å². The molecule has 10 heteroatoms. The first-order valence-corrected chi connectivity index (χ1v) is 21.3. The fourth-order valence-corrected chi connectivity index (χ4v) is 9.42. The van der Waals surface area contributed by atoms with Crippen molar-refractivity contribution in [1.82, 2.24) is 39.0 Å².